The Morgan fingerprint density at radius 1 is 1.28 bits per heavy atom. The largest absolute Gasteiger partial charge is 0.469 e. The number of benzene rings is 1. The molecule has 0 spiro atoms. The molecule has 0 fully saturated rings. The van der Waals surface area contributed by atoms with Crippen LogP contribution in [0.1, 0.15) is 65.7 Å². The van der Waals surface area contributed by atoms with Gasteiger partial charge in [0, 0.05) is 24.8 Å². The van der Waals surface area contributed by atoms with E-state index < -0.39 is 5.97 Å². The second-order valence-corrected chi connectivity index (χ2v) is 6.78. The van der Waals surface area contributed by atoms with Crippen LogP contribution in [0, 0.1) is 18.8 Å². The lowest BCUT2D eigenvalue weighted by atomic mass is 9.88. The molecule has 0 aliphatic carbocycles. The topological polar surface area (TPSA) is 82.0 Å². The Balaban J connectivity index is 2.53. The normalized spacial score (nSPS) is 12.4. The van der Waals surface area contributed by atoms with Gasteiger partial charge in [-0.25, -0.2) is 9.59 Å². The number of hydrogen-bond acceptors (Lipinski definition) is 6. The highest BCUT2D eigenvalue weighted by Gasteiger charge is 2.31. The highest BCUT2D eigenvalue weighted by Crippen LogP contribution is 2.39. The van der Waals surface area contributed by atoms with E-state index in [-0.39, 0.29) is 12.6 Å². The second kappa shape index (κ2) is 10.4. The van der Waals surface area contributed by atoms with Gasteiger partial charge >= 0.3 is 11.9 Å². The molecule has 0 atom stereocenters. The van der Waals surface area contributed by atoms with Crippen molar-refractivity contribution in [2.45, 2.75) is 59.5 Å². The summed E-state index contributed by atoms with van der Waals surface area (Å²) in [5.41, 5.74) is 5.08. The minimum absolute atomic E-state index is 0.170. The molecule has 1 aliphatic rings. The van der Waals surface area contributed by atoms with E-state index in [2.05, 4.69) is 21.6 Å². The van der Waals surface area contributed by atoms with Gasteiger partial charge in [0.05, 0.1) is 18.4 Å². The number of nitrogens with zero attached hydrogens (tertiary/aromatic N) is 1. The Kier molecular flexibility index (Phi) is 7.94. The lowest BCUT2D eigenvalue weighted by Gasteiger charge is -2.16. The summed E-state index contributed by atoms with van der Waals surface area (Å²) >= 11 is 0. The number of fused-ring (bicyclic) bond motifs is 1. The summed E-state index contributed by atoms with van der Waals surface area (Å²) in [6.07, 6.45) is 6.10. The van der Waals surface area contributed by atoms with Crippen molar-refractivity contribution >= 4 is 23.7 Å². The fraction of sp³-hybridized carbons (Fsp3) is 0.435. The smallest absolute Gasteiger partial charge is 0.341 e. The molecule has 29 heavy (non-hydrogen) atoms. The minimum Gasteiger partial charge on any atom is -0.469 e. The molecule has 1 aromatic rings. The summed E-state index contributed by atoms with van der Waals surface area (Å²) in [5, 5.41) is 0. The van der Waals surface area contributed by atoms with Gasteiger partial charge in [0.1, 0.15) is 6.61 Å². The Labute approximate surface area is 171 Å². The van der Waals surface area contributed by atoms with Crippen molar-refractivity contribution < 1.29 is 23.9 Å². The van der Waals surface area contributed by atoms with Crippen LogP contribution < -0.4 is 0 Å². The molecule has 1 heterocycles. The van der Waals surface area contributed by atoms with Crippen LogP contribution in [-0.2, 0) is 38.5 Å². The van der Waals surface area contributed by atoms with Gasteiger partial charge in [-0.3, -0.25) is 4.79 Å². The van der Waals surface area contributed by atoms with Crippen molar-refractivity contribution in [2.24, 2.45) is 4.99 Å². The molecule has 0 saturated carbocycles. The summed E-state index contributed by atoms with van der Waals surface area (Å²) < 4.78 is 9.87. The number of carbonyl (C=O) groups excluding carboxylic acids is 3. The average molecular weight is 395 g/mol. The fourth-order valence-corrected chi connectivity index (χ4v) is 3.33. The SMILES string of the molecule is CCC#CCc1c(C)c2c(c(N=C=O)c1CC=C(C)CCC(=O)OC)C(=O)OC2. The quantitative estimate of drug-likeness (QED) is 0.229. The number of aliphatic imine (C=N–C) groups is 1. The van der Waals surface area contributed by atoms with Crippen molar-refractivity contribution in [3.63, 3.8) is 0 Å². The number of hydrogen-bond donors (Lipinski definition) is 0. The predicted molar refractivity (Wildman–Crippen MR) is 109 cm³/mol. The molecular formula is C23H25NO5. The first kappa shape index (κ1) is 22.1. The Morgan fingerprint density at radius 2 is 2.03 bits per heavy atom. The molecule has 6 heteroatoms. The molecule has 0 radical (unpaired) electrons. The van der Waals surface area contributed by atoms with E-state index in [0.29, 0.717) is 36.9 Å². The molecule has 0 unspecified atom stereocenters. The minimum atomic E-state index is -0.476. The maximum atomic E-state index is 12.3. The van der Waals surface area contributed by atoms with E-state index in [1.165, 1.54) is 7.11 Å². The van der Waals surface area contributed by atoms with Crippen LogP contribution in [0.4, 0.5) is 5.69 Å². The number of carbonyl (C=O) groups is 2. The number of rotatable bonds is 7. The highest BCUT2D eigenvalue weighted by atomic mass is 16.5. The predicted octanol–water partition coefficient (Wildman–Crippen LogP) is 4.03. The fourth-order valence-electron chi connectivity index (χ4n) is 3.33. The number of cyclic esters (lactones) is 1. The second-order valence-electron chi connectivity index (χ2n) is 6.78. The van der Waals surface area contributed by atoms with Gasteiger partial charge in [0.2, 0.25) is 6.08 Å². The van der Waals surface area contributed by atoms with Crippen LogP contribution in [0.3, 0.4) is 0 Å². The van der Waals surface area contributed by atoms with E-state index in [0.717, 1.165) is 34.2 Å². The summed E-state index contributed by atoms with van der Waals surface area (Å²) in [6.45, 7) is 6.02. The monoisotopic (exact) mass is 395 g/mol. The zero-order valence-electron chi connectivity index (χ0n) is 17.3. The van der Waals surface area contributed by atoms with Crippen molar-refractivity contribution in [1.29, 1.82) is 0 Å². The van der Waals surface area contributed by atoms with Crippen LogP contribution in [0.5, 0.6) is 0 Å². The molecule has 0 bridgehead atoms. The average Bonchev–Trinajstić information content (AvgIpc) is 3.10. The molecule has 2 rings (SSSR count). The third-order valence-corrected chi connectivity index (χ3v) is 4.98. The molecule has 0 saturated heterocycles. The van der Waals surface area contributed by atoms with E-state index in [1.54, 1.807) is 6.08 Å². The van der Waals surface area contributed by atoms with Gasteiger partial charge in [-0.1, -0.05) is 24.5 Å². The van der Waals surface area contributed by atoms with Crippen LogP contribution in [-0.4, -0.2) is 25.1 Å². The van der Waals surface area contributed by atoms with Gasteiger partial charge < -0.3 is 9.47 Å². The molecule has 6 nitrogen and oxygen atoms in total. The number of isocyanates is 1. The van der Waals surface area contributed by atoms with Gasteiger partial charge in [-0.15, -0.1) is 5.92 Å². The summed E-state index contributed by atoms with van der Waals surface area (Å²) in [4.78, 5) is 38.6. The summed E-state index contributed by atoms with van der Waals surface area (Å²) in [7, 11) is 1.36. The number of esters is 2. The summed E-state index contributed by atoms with van der Waals surface area (Å²) in [5.74, 6) is 5.46. The summed E-state index contributed by atoms with van der Waals surface area (Å²) in [6, 6.07) is 0. The van der Waals surface area contributed by atoms with Crippen molar-refractivity contribution in [3.8, 4) is 11.8 Å². The first-order valence-corrected chi connectivity index (χ1v) is 9.54. The molecule has 0 N–H and O–H groups in total. The zero-order chi connectivity index (χ0) is 21.4. The number of allylic oxidation sites excluding steroid dienone is 2. The maximum Gasteiger partial charge on any atom is 0.341 e. The number of ether oxygens (including phenoxy) is 2. The van der Waals surface area contributed by atoms with Gasteiger partial charge in [0.15, 0.2) is 0 Å². The van der Waals surface area contributed by atoms with E-state index >= 15 is 0 Å². The molecule has 152 valence electrons. The Morgan fingerprint density at radius 3 is 2.69 bits per heavy atom. The van der Waals surface area contributed by atoms with Crippen LogP contribution in [0.2, 0.25) is 0 Å². The molecule has 1 aliphatic heterocycles. The zero-order valence-corrected chi connectivity index (χ0v) is 17.3. The third-order valence-electron chi connectivity index (χ3n) is 4.98. The van der Waals surface area contributed by atoms with E-state index in [1.807, 2.05) is 26.8 Å². The molecule has 0 aromatic heterocycles. The highest BCUT2D eigenvalue weighted by molar-refractivity contribution is 6.00. The third kappa shape index (κ3) is 5.22. The van der Waals surface area contributed by atoms with Crippen molar-refractivity contribution in [3.05, 3.63) is 39.5 Å². The molecular weight excluding hydrogens is 370 g/mol. The van der Waals surface area contributed by atoms with Crippen molar-refractivity contribution in [2.75, 3.05) is 7.11 Å². The van der Waals surface area contributed by atoms with Crippen molar-refractivity contribution in [1.82, 2.24) is 0 Å². The molecule has 1 aromatic carbocycles. The van der Waals surface area contributed by atoms with Crippen LogP contribution in [0.25, 0.3) is 0 Å². The lowest BCUT2D eigenvalue weighted by Crippen LogP contribution is -2.05. The first-order valence-electron chi connectivity index (χ1n) is 9.54. The maximum absolute atomic E-state index is 12.3. The van der Waals surface area contributed by atoms with E-state index in [4.69, 9.17) is 4.74 Å². The van der Waals surface area contributed by atoms with Gasteiger partial charge in [0.25, 0.3) is 0 Å². The van der Waals surface area contributed by atoms with E-state index in [9.17, 15) is 14.4 Å². The Hall–Kier alpha value is -3.16. The van der Waals surface area contributed by atoms with Crippen LogP contribution in [0.15, 0.2) is 16.6 Å². The lowest BCUT2D eigenvalue weighted by molar-refractivity contribution is -0.140. The van der Waals surface area contributed by atoms with Crippen LogP contribution >= 0.6 is 0 Å². The van der Waals surface area contributed by atoms with Gasteiger partial charge in [-0.05, 0) is 43.4 Å². The molecule has 0 amide bonds. The Bertz CT molecular complexity index is 956. The van der Waals surface area contributed by atoms with Gasteiger partial charge in [-0.2, -0.15) is 4.99 Å². The first-order chi connectivity index (χ1) is 13.9. The number of methoxy groups -OCH3 is 1. The standard InChI is InChI=1S/C23H25NO5/c1-5-6-7-8-17-16(3)19-13-29-23(27)21(19)22(24-14-25)18(17)11-9-15(2)10-12-20(26)28-4/h9H,5,8,10-13H2,1-4H3.